The first kappa shape index (κ1) is 19.1. The highest BCUT2D eigenvalue weighted by Gasteiger charge is 2.22. The molecule has 0 spiro atoms. The molecule has 0 unspecified atom stereocenters. The van der Waals surface area contributed by atoms with Crippen LogP contribution in [-0.2, 0) is 14.8 Å². The van der Waals surface area contributed by atoms with Gasteiger partial charge >= 0.3 is 0 Å². The van der Waals surface area contributed by atoms with Crippen molar-refractivity contribution in [2.75, 3.05) is 0 Å². The number of benzene rings is 2. The second kappa shape index (κ2) is 7.77. The van der Waals surface area contributed by atoms with E-state index in [1.165, 1.54) is 31.2 Å². The van der Waals surface area contributed by atoms with E-state index in [1.807, 2.05) is 5.43 Å². The highest BCUT2D eigenvalue weighted by Crippen LogP contribution is 2.19. The molecule has 25 heavy (non-hydrogen) atoms. The zero-order valence-electron chi connectivity index (χ0n) is 12.8. The normalized spacial score (nSPS) is 12.5. The second-order valence-corrected chi connectivity index (χ2v) is 6.95. The summed E-state index contributed by atoms with van der Waals surface area (Å²) in [4.78, 5) is 12.9. The molecular formula is C15H13ClF2N2O4S. The van der Waals surface area contributed by atoms with Gasteiger partial charge in [-0.05, 0) is 37.3 Å². The van der Waals surface area contributed by atoms with Crippen molar-refractivity contribution >= 4 is 27.5 Å². The maximum Gasteiger partial charge on any atom is 0.275 e. The molecule has 0 heterocycles. The van der Waals surface area contributed by atoms with Gasteiger partial charge in [0.15, 0.2) is 17.7 Å². The molecule has 0 aliphatic rings. The van der Waals surface area contributed by atoms with Crippen molar-refractivity contribution in [1.82, 2.24) is 10.3 Å². The van der Waals surface area contributed by atoms with Crippen molar-refractivity contribution in [3.05, 3.63) is 59.1 Å². The molecule has 0 aliphatic carbocycles. The van der Waals surface area contributed by atoms with Crippen molar-refractivity contribution in [2.24, 2.45) is 0 Å². The Morgan fingerprint density at radius 2 is 1.84 bits per heavy atom. The second-order valence-electron chi connectivity index (χ2n) is 4.86. The molecule has 10 heteroatoms. The number of rotatable bonds is 6. The van der Waals surface area contributed by atoms with Crippen molar-refractivity contribution in [3.63, 3.8) is 0 Å². The lowest BCUT2D eigenvalue weighted by Crippen LogP contribution is -2.47. The minimum atomic E-state index is -4.36. The van der Waals surface area contributed by atoms with Crippen LogP contribution < -0.4 is 15.0 Å². The predicted octanol–water partition coefficient (Wildman–Crippen LogP) is 2.40. The SMILES string of the molecule is C[C@H](Oc1ccccc1F)C(=O)NNS(=O)(=O)c1ccc(Cl)cc1F. The Morgan fingerprint density at radius 3 is 2.48 bits per heavy atom. The highest BCUT2D eigenvalue weighted by molar-refractivity contribution is 7.89. The molecular weight excluding hydrogens is 378 g/mol. The summed E-state index contributed by atoms with van der Waals surface area (Å²) in [6.45, 7) is 1.29. The molecule has 0 aromatic heterocycles. The monoisotopic (exact) mass is 390 g/mol. The summed E-state index contributed by atoms with van der Waals surface area (Å²) in [6.07, 6.45) is -1.21. The quantitative estimate of drug-likeness (QED) is 0.742. The summed E-state index contributed by atoms with van der Waals surface area (Å²) in [6, 6.07) is 8.37. The fourth-order valence-electron chi connectivity index (χ4n) is 1.75. The molecule has 0 saturated carbocycles. The summed E-state index contributed by atoms with van der Waals surface area (Å²) in [5.74, 6) is -2.83. The Hall–Kier alpha value is -2.23. The Morgan fingerprint density at radius 1 is 1.16 bits per heavy atom. The van der Waals surface area contributed by atoms with Gasteiger partial charge in [-0.15, -0.1) is 4.83 Å². The third-order valence-corrected chi connectivity index (χ3v) is 4.52. The van der Waals surface area contributed by atoms with E-state index < -0.39 is 38.6 Å². The first-order chi connectivity index (χ1) is 11.7. The van der Waals surface area contributed by atoms with E-state index in [-0.39, 0.29) is 10.8 Å². The zero-order chi connectivity index (χ0) is 18.6. The summed E-state index contributed by atoms with van der Waals surface area (Å²) >= 11 is 5.55. The Bertz CT molecular complexity index is 893. The number of halogens is 3. The molecule has 0 radical (unpaired) electrons. The molecule has 6 nitrogen and oxygen atoms in total. The number of sulfonamides is 1. The first-order valence-corrected chi connectivity index (χ1v) is 8.75. The van der Waals surface area contributed by atoms with Crippen molar-refractivity contribution < 1.29 is 26.7 Å². The molecule has 0 saturated heterocycles. The number of nitrogens with one attached hydrogen (secondary N) is 2. The predicted molar refractivity (Wildman–Crippen MR) is 86.4 cm³/mol. The molecule has 1 amide bonds. The molecule has 2 aromatic rings. The number of carbonyl (C=O) groups is 1. The third kappa shape index (κ3) is 4.88. The van der Waals surface area contributed by atoms with Crippen LogP contribution in [0, 0.1) is 11.6 Å². The summed E-state index contributed by atoms with van der Waals surface area (Å²) in [5, 5.41) is 0.0207. The van der Waals surface area contributed by atoms with Gasteiger partial charge in [0.2, 0.25) is 0 Å². The van der Waals surface area contributed by atoms with E-state index in [0.29, 0.717) is 0 Å². The molecule has 0 fully saturated rings. The van der Waals surface area contributed by atoms with Crippen LogP contribution in [0.15, 0.2) is 47.4 Å². The number of ether oxygens (including phenoxy) is 1. The van der Waals surface area contributed by atoms with Crippen LogP contribution in [0.1, 0.15) is 6.92 Å². The van der Waals surface area contributed by atoms with Gasteiger partial charge in [0.05, 0.1) is 0 Å². The number of para-hydroxylation sites is 1. The van der Waals surface area contributed by atoms with Gasteiger partial charge in [0.25, 0.3) is 15.9 Å². The topological polar surface area (TPSA) is 84.5 Å². The van der Waals surface area contributed by atoms with E-state index in [2.05, 4.69) is 0 Å². The average molecular weight is 391 g/mol. The summed E-state index contributed by atoms with van der Waals surface area (Å²) in [5.41, 5.74) is 1.88. The van der Waals surface area contributed by atoms with Crippen LogP contribution in [0.4, 0.5) is 8.78 Å². The maximum absolute atomic E-state index is 13.7. The molecule has 1 atom stereocenters. The van der Waals surface area contributed by atoms with E-state index >= 15 is 0 Å². The summed E-state index contributed by atoms with van der Waals surface area (Å²) < 4.78 is 56.2. The van der Waals surface area contributed by atoms with Crippen LogP contribution in [0.25, 0.3) is 0 Å². The minimum Gasteiger partial charge on any atom is -0.478 e. The molecule has 2 N–H and O–H groups in total. The first-order valence-electron chi connectivity index (χ1n) is 6.88. The van der Waals surface area contributed by atoms with Gasteiger partial charge in [-0.1, -0.05) is 23.7 Å². The molecule has 2 rings (SSSR count). The lowest BCUT2D eigenvalue weighted by Gasteiger charge is -2.15. The van der Waals surface area contributed by atoms with Gasteiger partial charge < -0.3 is 4.74 Å². The molecule has 0 aliphatic heterocycles. The van der Waals surface area contributed by atoms with Gasteiger partial charge in [-0.25, -0.2) is 17.2 Å². The molecule has 134 valence electrons. The maximum atomic E-state index is 13.7. The van der Waals surface area contributed by atoms with Crippen LogP contribution in [0.2, 0.25) is 5.02 Å². The number of carbonyl (C=O) groups excluding carboxylic acids is 1. The number of hydrogen-bond donors (Lipinski definition) is 2. The lowest BCUT2D eigenvalue weighted by atomic mass is 10.3. The van der Waals surface area contributed by atoms with E-state index in [4.69, 9.17) is 16.3 Å². The zero-order valence-corrected chi connectivity index (χ0v) is 14.4. The average Bonchev–Trinajstić information content (AvgIpc) is 2.54. The fraction of sp³-hybridized carbons (Fsp3) is 0.133. The van der Waals surface area contributed by atoms with Crippen molar-refractivity contribution in [2.45, 2.75) is 17.9 Å². The lowest BCUT2D eigenvalue weighted by molar-refractivity contribution is -0.127. The van der Waals surface area contributed by atoms with Gasteiger partial charge in [-0.3, -0.25) is 10.2 Å². The fourth-order valence-corrected chi connectivity index (χ4v) is 2.82. The van der Waals surface area contributed by atoms with Crippen LogP contribution in [-0.4, -0.2) is 20.4 Å². The third-order valence-electron chi connectivity index (χ3n) is 3.00. The Kier molecular flexibility index (Phi) is 5.93. The van der Waals surface area contributed by atoms with Crippen molar-refractivity contribution in [1.29, 1.82) is 0 Å². The standard InChI is InChI=1S/C15H13ClF2N2O4S/c1-9(24-13-5-3-2-4-11(13)17)15(21)19-20-25(22,23)14-7-6-10(16)8-12(14)18/h2-9,20H,1H3,(H,19,21)/t9-/m0/s1. The highest BCUT2D eigenvalue weighted by atomic mass is 35.5. The molecule has 2 aromatic carbocycles. The molecule has 0 bridgehead atoms. The smallest absolute Gasteiger partial charge is 0.275 e. The van der Waals surface area contributed by atoms with Crippen molar-refractivity contribution in [3.8, 4) is 5.75 Å². The van der Waals surface area contributed by atoms with Gasteiger partial charge in [0.1, 0.15) is 10.7 Å². The summed E-state index contributed by atoms with van der Waals surface area (Å²) in [7, 11) is -4.36. The van der Waals surface area contributed by atoms with E-state index in [9.17, 15) is 22.0 Å². The number of hydrogen-bond acceptors (Lipinski definition) is 4. The van der Waals surface area contributed by atoms with Crippen LogP contribution >= 0.6 is 11.6 Å². The number of amides is 1. The van der Waals surface area contributed by atoms with Crippen LogP contribution in [0.5, 0.6) is 5.75 Å². The van der Waals surface area contributed by atoms with Gasteiger partial charge in [0, 0.05) is 5.02 Å². The van der Waals surface area contributed by atoms with Gasteiger partial charge in [-0.2, -0.15) is 0 Å². The Labute approximate surface area is 147 Å². The van der Waals surface area contributed by atoms with Crippen LogP contribution in [0.3, 0.4) is 0 Å². The number of hydrazine groups is 1. The van der Waals surface area contributed by atoms with E-state index in [0.717, 1.165) is 18.2 Å². The largest absolute Gasteiger partial charge is 0.478 e. The van der Waals surface area contributed by atoms with E-state index in [1.54, 1.807) is 4.83 Å². The minimum absolute atomic E-state index is 0.0207. The Balaban J connectivity index is 2.02.